The van der Waals surface area contributed by atoms with Crippen LogP contribution >= 0.6 is 0 Å². The van der Waals surface area contributed by atoms with Gasteiger partial charge in [-0.1, -0.05) is 0 Å². The average molecular weight is 326 g/mol. The highest BCUT2D eigenvalue weighted by Crippen LogP contribution is 2.09. The van der Waals surface area contributed by atoms with E-state index in [-0.39, 0.29) is 11.1 Å². The minimum absolute atomic E-state index is 0.0460. The first kappa shape index (κ1) is 16.4. The van der Waals surface area contributed by atoms with Crippen molar-refractivity contribution >= 4 is 0 Å². The second kappa shape index (κ2) is 5.54. The number of hydrogen-bond acceptors (Lipinski definition) is 2. The highest BCUT2D eigenvalue weighted by molar-refractivity contribution is 5.27. The van der Waals surface area contributed by atoms with E-state index in [4.69, 9.17) is 0 Å². The lowest BCUT2D eigenvalue weighted by atomic mass is 10.1. The predicted molar refractivity (Wildman–Crippen MR) is 91.1 cm³/mol. The summed E-state index contributed by atoms with van der Waals surface area (Å²) in [6, 6.07) is 3.97. The van der Waals surface area contributed by atoms with E-state index in [9.17, 15) is 0 Å². The molecule has 0 atom stereocenters. The van der Waals surface area contributed by atoms with Crippen molar-refractivity contribution in [3.05, 3.63) is 49.6 Å². The molecule has 0 fully saturated rings. The van der Waals surface area contributed by atoms with Crippen molar-refractivity contribution in [3.8, 4) is 11.6 Å². The van der Waals surface area contributed by atoms with Crippen LogP contribution in [0.15, 0.2) is 49.6 Å². The van der Waals surface area contributed by atoms with Crippen LogP contribution in [0.2, 0.25) is 0 Å². The smallest absolute Gasteiger partial charge is 0.232 e. The maximum Gasteiger partial charge on any atom is 0.250 e. The molecule has 0 aromatic carbocycles. The lowest BCUT2D eigenvalue weighted by Crippen LogP contribution is -2.48. The molecule has 0 unspecified atom stereocenters. The third-order valence-corrected chi connectivity index (χ3v) is 3.99. The number of hydrogen-bond donors (Lipinski definition) is 0. The Morgan fingerprint density at radius 3 is 1.33 bits per heavy atom. The molecule has 6 heteroatoms. The molecule has 0 radical (unpaired) electrons. The van der Waals surface area contributed by atoms with E-state index in [1.807, 2.05) is 58.7 Å². The van der Waals surface area contributed by atoms with Gasteiger partial charge in [0.05, 0.1) is 0 Å². The average Bonchev–Trinajstić information content (AvgIpc) is 3.16. The zero-order valence-electron chi connectivity index (χ0n) is 15.3. The largest absolute Gasteiger partial charge is 0.250 e. The van der Waals surface area contributed by atoms with Crippen molar-refractivity contribution in [1.82, 2.24) is 19.3 Å². The van der Waals surface area contributed by atoms with Crippen LogP contribution in [0.3, 0.4) is 0 Å². The molecule has 6 nitrogen and oxygen atoms in total. The van der Waals surface area contributed by atoms with Gasteiger partial charge in [-0.2, -0.15) is 9.13 Å². The molecule has 3 aromatic heterocycles. The van der Waals surface area contributed by atoms with Crippen LogP contribution in [0.5, 0.6) is 0 Å². The summed E-state index contributed by atoms with van der Waals surface area (Å²) in [4.78, 5) is 0. The van der Waals surface area contributed by atoms with Gasteiger partial charge in [0.2, 0.25) is 11.6 Å². The Balaban J connectivity index is 1.86. The topological polar surface area (TPSA) is 43.4 Å². The molecule has 126 valence electrons. The van der Waals surface area contributed by atoms with Gasteiger partial charge in [0.1, 0.15) is 35.9 Å². The molecule has 3 rings (SSSR count). The highest BCUT2D eigenvalue weighted by atomic mass is 15.3. The first-order valence-electron chi connectivity index (χ1n) is 8.18. The summed E-state index contributed by atoms with van der Waals surface area (Å²) >= 11 is 0. The minimum atomic E-state index is 0.0460. The molecular weight excluding hydrogens is 300 g/mol. The Morgan fingerprint density at radius 2 is 1.08 bits per heavy atom. The summed E-state index contributed by atoms with van der Waals surface area (Å²) in [5, 5.41) is 8.72. The summed E-state index contributed by atoms with van der Waals surface area (Å²) in [7, 11) is 0. The SMILES string of the molecule is CC(C)(C)[n+]1ccn(-c2ccc(-n3cc[n+](C(C)(C)C)c3)nn2)c1. The molecule has 0 aliphatic rings. The zero-order chi connectivity index (χ0) is 17.5. The number of rotatable bonds is 2. The van der Waals surface area contributed by atoms with Crippen molar-refractivity contribution in [2.45, 2.75) is 52.6 Å². The number of imidazole rings is 2. The lowest BCUT2D eigenvalue weighted by molar-refractivity contribution is -0.753. The summed E-state index contributed by atoms with van der Waals surface area (Å²) in [5.41, 5.74) is 0.0919. The van der Waals surface area contributed by atoms with Crippen LogP contribution in [0, 0.1) is 0 Å². The van der Waals surface area contributed by atoms with E-state index in [1.54, 1.807) is 0 Å². The molecule has 0 saturated heterocycles. The van der Waals surface area contributed by atoms with Gasteiger partial charge in [-0.05, 0) is 41.5 Å². The fourth-order valence-electron chi connectivity index (χ4n) is 2.37. The minimum Gasteiger partial charge on any atom is -0.232 e. The number of nitrogens with zero attached hydrogens (tertiary/aromatic N) is 6. The highest BCUT2D eigenvalue weighted by Gasteiger charge is 2.22. The van der Waals surface area contributed by atoms with Crippen molar-refractivity contribution in [1.29, 1.82) is 0 Å². The zero-order valence-corrected chi connectivity index (χ0v) is 15.3. The van der Waals surface area contributed by atoms with Gasteiger partial charge in [-0.25, -0.2) is 9.13 Å². The number of aromatic nitrogens is 6. The second-order valence-corrected chi connectivity index (χ2v) is 8.05. The van der Waals surface area contributed by atoms with E-state index in [1.165, 1.54) is 0 Å². The second-order valence-electron chi connectivity index (χ2n) is 8.05. The molecule has 24 heavy (non-hydrogen) atoms. The van der Waals surface area contributed by atoms with Gasteiger partial charge in [0, 0.05) is 12.1 Å². The quantitative estimate of drug-likeness (QED) is 0.677. The molecule has 0 aliphatic heterocycles. The molecule has 0 N–H and O–H groups in total. The van der Waals surface area contributed by atoms with Gasteiger partial charge < -0.3 is 0 Å². The third-order valence-electron chi connectivity index (χ3n) is 3.99. The van der Waals surface area contributed by atoms with Crippen molar-refractivity contribution in [2.75, 3.05) is 0 Å². The molecule has 3 heterocycles. The monoisotopic (exact) mass is 326 g/mol. The third kappa shape index (κ3) is 3.22. The van der Waals surface area contributed by atoms with Crippen LogP contribution < -0.4 is 9.13 Å². The molecule has 3 aromatic rings. The molecular formula is C18H26N6+2. The lowest BCUT2D eigenvalue weighted by Gasteiger charge is -2.13. The predicted octanol–water partition coefficient (Wildman–Crippen LogP) is 2.14. The molecule has 0 bridgehead atoms. The summed E-state index contributed by atoms with van der Waals surface area (Å²) in [6.45, 7) is 13.0. The molecule has 0 saturated carbocycles. The van der Waals surface area contributed by atoms with E-state index in [0.29, 0.717) is 0 Å². The maximum atomic E-state index is 4.36. The van der Waals surface area contributed by atoms with Gasteiger partial charge in [0.15, 0.2) is 0 Å². The normalized spacial score (nSPS) is 12.6. The van der Waals surface area contributed by atoms with Gasteiger partial charge in [-0.3, -0.25) is 0 Å². The summed E-state index contributed by atoms with van der Waals surface area (Å²) in [5.74, 6) is 1.61. The van der Waals surface area contributed by atoms with E-state index < -0.39 is 0 Å². The van der Waals surface area contributed by atoms with Crippen molar-refractivity contribution in [2.24, 2.45) is 0 Å². The van der Waals surface area contributed by atoms with Gasteiger partial charge in [-0.15, -0.1) is 10.2 Å². The Morgan fingerprint density at radius 1 is 0.708 bits per heavy atom. The Hall–Kier alpha value is -2.50. The van der Waals surface area contributed by atoms with Crippen molar-refractivity contribution in [3.63, 3.8) is 0 Å². The van der Waals surface area contributed by atoms with E-state index in [0.717, 1.165) is 11.6 Å². The van der Waals surface area contributed by atoms with Crippen LogP contribution in [0.25, 0.3) is 11.6 Å². The first-order chi connectivity index (χ1) is 11.1. The summed E-state index contributed by atoms with van der Waals surface area (Å²) < 4.78 is 8.27. The van der Waals surface area contributed by atoms with Crippen molar-refractivity contribution < 1.29 is 9.13 Å². The van der Waals surface area contributed by atoms with E-state index >= 15 is 0 Å². The van der Waals surface area contributed by atoms with Crippen LogP contribution in [0.4, 0.5) is 0 Å². The maximum absolute atomic E-state index is 4.36. The Kier molecular flexibility index (Phi) is 3.78. The molecule has 0 amide bonds. The van der Waals surface area contributed by atoms with Crippen LogP contribution in [0.1, 0.15) is 41.5 Å². The van der Waals surface area contributed by atoms with Crippen LogP contribution in [-0.4, -0.2) is 19.3 Å². The van der Waals surface area contributed by atoms with E-state index in [2.05, 4.69) is 60.9 Å². The Labute approximate surface area is 143 Å². The summed E-state index contributed by atoms with van der Waals surface area (Å²) in [6.07, 6.45) is 12.2. The Bertz CT molecular complexity index is 756. The van der Waals surface area contributed by atoms with Crippen LogP contribution in [-0.2, 0) is 11.1 Å². The fourth-order valence-corrected chi connectivity index (χ4v) is 2.37. The fraction of sp³-hybridized carbons (Fsp3) is 0.444. The van der Waals surface area contributed by atoms with Gasteiger partial charge >= 0.3 is 0 Å². The van der Waals surface area contributed by atoms with Gasteiger partial charge in [0.25, 0.3) is 12.7 Å². The molecule has 0 spiro atoms. The standard InChI is InChI=1S/C18H26N6/c1-17(2,3)23-11-9-21(13-23)15-7-8-16(20-19-15)22-10-12-24(14-22)18(4,5)6/h7-14H,1-6H3/q+2. The first-order valence-corrected chi connectivity index (χ1v) is 8.18. The molecule has 0 aliphatic carbocycles.